The highest BCUT2D eigenvalue weighted by Gasteiger charge is 2.34. The first-order chi connectivity index (χ1) is 15.8. The van der Waals surface area contributed by atoms with Gasteiger partial charge >= 0.3 is 6.18 Å². The molecule has 3 N–H and O–H groups in total. The Hall–Kier alpha value is -2.73. The summed E-state index contributed by atoms with van der Waals surface area (Å²) in [7, 11) is -3.71. The first kappa shape index (κ1) is 25.9. The van der Waals surface area contributed by atoms with Gasteiger partial charge < -0.3 is 16.0 Å². The van der Waals surface area contributed by atoms with E-state index in [0.29, 0.717) is 24.2 Å². The zero-order chi connectivity index (χ0) is 25.3. The lowest BCUT2D eigenvalue weighted by Crippen LogP contribution is -2.30. The fraction of sp³-hybridized carbons (Fsp3) is 0.455. The quantitative estimate of drug-likeness (QED) is 0.563. The topological polar surface area (TPSA) is 105 Å². The van der Waals surface area contributed by atoms with Crippen molar-refractivity contribution >= 4 is 21.6 Å². The van der Waals surface area contributed by atoms with Crippen molar-refractivity contribution in [2.45, 2.75) is 43.8 Å². The van der Waals surface area contributed by atoms with Crippen LogP contribution in [-0.4, -0.2) is 38.7 Å². The van der Waals surface area contributed by atoms with Gasteiger partial charge in [-0.25, -0.2) is 17.8 Å². The Morgan fingerprint density at radius 1 is 1.21 bits per heavy atom. The number of anilines is 1. The van der Waals surface area contributed by atoms with E-state index in [9.17, 15) is 30.8 Å². The summed E-state index contributed by atoms with van der Waals surface area (Å²) in [5.41, 5.74) is 5.12. The summed E-state index contributed by atoms with van der Waals surface area (Å²) in [5, 5.41) is 1.14. The Balaban J connectivity index is 1.76. The summed E-state index contributed by atoms with van der Waals surface area (Å²) in [5.74, 6) is -1.95. The number of aromatic nitrogens is 1. The maximum absolute atomic E-state index is 14.5. The van der Waals surface area contributed by atoms with Gasteiger partial charge in [-0.15, -0.1) is 0 Å². The van der Waals surface area contributed by atoms with E-state index in [0.717, 1.165) is 31.2 Å². The Labute approximate surface area is 195 Å². The van der Waals surface area contributed by atoms with E-state index in [4.69, 9.17) is 5.73 Å². The Morgan fingerprint density at radius 3 is 2.41 bits per heavy atom. The van der Waals surface area contributed by atoms with Crippen LogP contribution in [0, 0.1) is 5.82 Å². The van der Waals surface area contributed by atoms with Gasteiger partial charge in [0.15, 0.2) is 9.84 Å². The zero-order valence-electron chi connectivity index (χ0n) is 18.7. The number of nitrogens with zero attached hydrogens (tertiary/aromatic N) is 2. The van der Waals surface area contributed by atoms with Crippen molar-refractivity contribution in [3.8, 4) is 0 Å². The number of carbonyl (C=O) groups is 1. The van der Waals surface area contributed by atoms with Crippen LogP contribution >= 0.6 is 0 Å². The molecule has 1 aromatic heterocycles. The monoisotopic (exact) mass is 502 g/mol. The molecule has 1 aliphatic heterocycles. The molecule has 0 bridgehead atoms. The summed E-state index contributed by atoms with van der Waals surface area (Å²) >= 11 is 0. The van der Waals surface area contributed by atoms with Crippen molar-refractivity contribution in [3.05, 3.63) is 58.5 Å². The molecule has 1 saturated heterocycles. The first-order valence-electron chi connectivity index (χ1n) is 10.6. The molecule has 2 unspecified atom stereocenters. The number of alkyl halides is 3. The van der Waals surface area contributed by atoms with Crippen LogP contribution < -0.4 is 16.0 Å². The Bertz CT molecular complexity index is 1170. The highest BCUT2D eigenvalue weighted by atomic mass is 32.2. The molecule has 7 nitrogen and oxygen atoms in total. The predicted octanol–water partition coefficient (Wildman–Crippen LogP) is 3.26. The summed E-state index contributed by atoms with van der Waals surface area (Å²) in [6.45, 7) is 2.63. The number of amides is 1. The molecule has 0 radical (unpaired) electrons. The number of benzene rings is 1. The fourth-order valence-corrected chi connectivity index (χ4v) is 4.39. The summed E-state index contributed by atoms with van der Waals surface area (Å²) in [6, 6.07) is 5.88. The van der Waals surface area contributed by atoms with Crippen molar-refractivity contribution in [1.82, 2.24) is 10.3 Å². The van der Waals surface area contributed by atoms with Gasteiger partial charge in [-0.05, 0) is 37.5 Å². The second-order valence-electron chi connectivity index (χ2n) is 8.34. The van der Waals surface area contributed by atoms with Crippen molar-refractivity contribution in [2.75, 3.05) is 24.2 Å². The number of sulfone groups is 1. The molecule has 3 rings (SSSR count). The first-order valence-corrected chi connectivity index (χ1v) is 12.6. The van der Waals surface area contributed by atoms with Crippen LogP contribution in [0.1, 0.15) is 53.4 Å². The maximum Gasteiger partial charge on any atom is 0.433 e. The molecule has 2 heterocycles. The molecule has 2 aromatic rings. The highest BCUT2D eigenvalue weighted by Crippen LogP contribution is 2.32. The third-order valence-electron chi connectivity index (χ3n) is 5.79. The molecule has 1 fully saturated rings. The van der Waals surface area contributed by atoms with E-state index in [1.54, 1.807) is 4.90 Å². The number of carbonyl (C=O) groups excluding carboxylic acids is 1. The van der Waals surface area contributed by atoms with Crippen molar-refractivity contribution in [1.29, 1.82) is 0 Å². The lowest BCUT2D eigenvalue weighted by molar-refractivity contribution is -0.141. The molecule has 1 aromatic carbocycles. The Kier molecular flexibility index (Phi) is 7.51. The van der Waals surface area contributed by atoms with Crippen LogP contribution in [0.2, 0.25) is 0 Å². The van der Waals surface area contributed by atoms with Crippen LogP contribution in [0.5, 0.6) is 0 Å². The maximum atomic E-state index is 14.5. The third kappa shape index (κ3) is 5.84. The number of nitrogens with two attached hydrogens (primary N) is 1. The number of rotatable bonds is 7. The van der Waals surface area contributed by atoms with Gasteiger partial charge in [0.1, 0.15) is 22.7 Å². The highest BCUT2D eigenvalue weighted by molar-refractivity contribution is 7.90. The van der Waals surface area contributed by atoms with Gasteiger partial charge in [0.05, 0.1) is 5.92 Å². The smallest absolute Gasteiger partial charge is 0.356 e. The van der Waals surface area contributed by atoms with E-state index in [1.165, 1.54) is 25.1 Å². The second kappa shape index (κ2) is 9.87. The third-order valence-corrected chi connectivity index (χ3v) is 6.97. The van der Waals surface area contributed by atoms with E-state index in [1.807, 2.05) is 0 Å². The summed E-state index contributed by atoms with van der Waals surface area (Å²) < 4.78 is 77.1. The number of pyridine rings is 1. The largest absolute Gasteiger partial charge is 0.433 e. The van der Waals surface area contributed by atoms with E-state index < -0.39 is 44.7 Å². The molecule has 0 saturated carbocycles. The van der Waals surface area contributed by atoms with Crippen molar-refractivity contribution < 1.29 is 30.8 Å². The van der Waals surface area contributed by atoms with Crippen LogP contribution in [-0.2, 0) is 27.4 Å². The second-order valence-corrected chi connectivity index (χ2v) is 10.5. The van der Waals surface area contributed by atoms with E-state index >= 15 is 0 Å². The van der Waals surface area contributed by atoms with Crippen molar-refractivity contribution in [2.24, 2.45) is 5.73 Å². The predicted molar refractivity (Wildman–Crippen MR) is 119 cm³/mol. The van der Waals surface area contributed by atoms with Gasteiger partial charge in [0, 0.05) is 37.0 Å². The normalized spacial score (nSPS) is 16.4. The standard InChI is InChI=1S/C22H26F4N4O3S/c1-13(14-5-7-16(17(23)11-14)19(27)34(2,32)33)21(31)28-12-15-6-8-18(22(24,25)26)29-20(15)30-9-3-4-10-30/h5-8,11,13,19H,3-4,9-10,12,27H2,1-2H3,(H,28,31). The number of nitrogens with one attached hydrogen (secondary N) is 1. The molecule has 1 aliphatic rings. The molecule has 1 amide bonds. The molecule has 186 valence electrons. The summed E-state index contributed by atoms with van der Waals surface area (Å²) in [6.07, 6.45) is -2.01. The van der Waals surface area contributed by atoms with E-state index in [-0.39, 0.29) is 17.9 Å². The number of halogens is 4. The Morgan fingerprint density at radius 2 is 1.85 bits per heavy atom. The average Bonchev–Trinajstić information content (AvgIpc) is 3.29. The van der Waals surface area contributed by atoms with E-state index in [2.05, 4.69) is 10.3 Å². The molecule has 0 aliphatic carbocycles. The lowest BCUT2D eigenvalue weighted by atomic mass is 9.98. The molecule has 34 heavy (non-hydrogen) atoms. The minimum Gasteiger partial charge on any atom is -0.356 e. The molecular weight excluding hydrogens is 476 g/mol. The number of hydrogen-bond acceptors (Lipinski definition) is 6. The molecule has 2 atom stereocenters. The fourth-order valence-electron chi connectivity index (χ4n) is 3.74. The van der Waals surface area contributed by atoms with Crippen LogP contribution in [0.4, 0.5) is 23.4 Å². The van der Waals surface area contributed by atoms with Crippen molar-refractivity contribution in [3.63, 3.8) is 0 Å². The zero-order valence-corrected chi connectivity index (χ0v) is 19.5. The minimum atomic E-state index is -4.58. The molecule has 12 heteroatoms. The van der Waals surface area contributed by atoms with Crippen LogP contribution in [0.3, 0.4) is 0 Å². The SMILES string of the molecule is CC(C(=O)NCc1ccc(C(F)(F)F)nc1N1CCCC1)c1ccc(C(N)S(C)(=O)=O)c(F)c1. The van der Waals surface area contributed by atoms with Gasteiger partial charge in [-0.2, -0.15) is 13.2 Å². The van der Waals surface area contributed by atoms with Gasteiger partial charge in [-0.3, -0.25) is 4.79 Å². The molecular formula is C22H26F4N4O3S. The molecule has 0 spiro atoms. The van der Waals surface area contributed by atoms with Crippen LogP contribution in [0.25, 0.3) is 0 Å². The van der Waals surface area contributed by atoms with Gasteiger partial charge in [0.2, 0.25) is 5.91 Å². The number of hydrogen-bond donors (Lipinski definition) is 2. The lowest BCUT2D eigenvalue weighted by Gasteiger charge is -2.22. The summed E-state index contributed by atoms with van der Waals surface area (Å²) in [4.78, 5) is 18.3. The van der Waals surface area contributed by atoms with Crippen LogP contribution in [0.15, 0.2) is 30.3 Å². The van der Waals surface area contributed by atoms with Gasteiger partial charge in [0.25, 0.3) is 0 Å². The average molecular weight is 503 g/mol. The van der Waals surface area contributed by atoms with Gasteiger partial charge in [-0.1, -0.05) is 18.2 Å². The minimum absolute atomic E-state index is 0.0559.